The van der Waals surface area contributed by atoms with Gasteiger partial charge in [0.2, 0.25) is 0 Å². The lowest BCUT2D eigenvalue weighted by Gasteiger charge is -2.37. The van der Waals surface area contributed by atoms with Gasteiger partial charge in [-0.1, -0.05) is 0 Å². The van der Waals surface area contributed by atoms with Crippen LogP contribution in [0.3, 0.4) is 0 Å². The summed E-state index contributed by atoms with van der Waals surface area (Å²) in [5.74, 6) is 0.743. The molecule has 1 saturated carbocycles. The standard InChI is InChI=1S/C13H25N3O2/c1-12(5-4-8-18-12)9-15-11(14-2)16-10-13(17)6-3-7-13/h17H,3-10H2,1-2H3,(H2,14,15,16). The first kappa shape index (κ1) is 13.6. The van der Waals surface area contributed by atoms with Gasteiger partial charge >= 0.3 is 0 Å². The molecule has 1 saturated heterocycles. The second-order valence-corrected chi connectivity index (χ2v) is 5.76. The minimum absolute atomic E-state index is 0.0784. The van der Waals surface area contributed by atoms with Gasteiger partial charge in [0, 0.05) is 26.7 Å². The Morgan fingerprint density at radius 2 is 1.94 bits per heavy atom. The summed E-state index contributed by atoms with van der Waals surface area (Å²) in [4.78, 5) is 4.17. The molecule has 1 aliphatic carbocycles. The van der Waals surface area contributed by atoms with Gasteiger partial charge in [0.25, 0.3) is 0 Å². The van der Waals surface area contributed by atoms with Crippen LogP contribution >= 0.6 is 0 Å². The molecule has 0 amide bonds. The van der Waals surface area contributed by atoms with Crippen LogP contribution in [0.5, 0.6) is 0 Å². The maximum atomic E-state index is 10.0. The molecule has 2 aliphatic rings. The molecule has 0 bridgehead atoms. The van der Waals surface area contributed by atoms with Crippen LogP contribution in [-0.2, 0) is 4.74 Å². The fourth-order valence-corrected chi connectivity index (χ4v) is 2.48. The fourth-order valence-electron chi connectivity index (χ4n) is 2.48. The van der Waals surface area contributed by atoms with Crippen LogP contribution < -0.4 is 10.6 Å². The van der Waals surface area contributed by atoms with Crippen molar-refractivity contribution in [2.75, 3.05) is 26.7 Å². The van der Waals surface area contributed by atoms with Crippen molar-refractivity contribution in [2.24, 2.45) is 4.99 Å². The fraction of sp³-hybridized carbons (Fsp3) is 0.923. The van der Waals surface area contributed by atoms with Crippen molar-refractivity contribution in [1.29, 1.82) is 0 Å². The number of aliphatic imine (C=N–C) groups is 1. The molecule has 2 fully saturated rings. The van der Waals surface area contributed by atoms with E-state index in [4.69, 9.17) is 4.74 Å². The third kappa shape index (κ3) is 3.36. The smallest absolute Gasteiger partial charge is 0.191 e. The Morgan fingerprint density at radius 1 is 1.22 bits per heavy atom. The van der Waals surface area contributed by atoms with Crippen molar-refractivity contribution in [1.82, 2.24) is 10.6 Å². The molecule has 0 aromatic carbocycles. The molecule has 0 radical (unpaired) electrons. The van der Waals surface area contributed by atoms with Gasteiger partial charge in [-0.05, 0) is 39.0 Å². The maximum absolute atomic E-state index is 10.0. The number of guanidine groups is 1. The highest BCUT2D eigenvalue weighted by Gasteiger charge is 2.34. The summed E-state index contributed by atoms with van der Waals surface area (Å²) < 4.78 is 5.72. The summed E-state index contributed by atoms with van der Waals surface area (Å²) in [7, 11) is 1.75. The van der Waals surface area contributed by atoms with Gasteiger partial charge in [0.15, 0.2) is 5.96 Å². The zero-order valence-corrected chi connectivity index (χ0v) is 11.5. The van der Waals surface area contributed by atoms with E-state index in [1.165, 1.54) is 0 Å². The first-order valence-corrected chi connectivity index (χ1v) is 6.86. The van der Waals surface area contributed by atoms with E-state index in [0.29, 0.717) is 6.54 Å². The highest BCUT2D eigenvalue weighted by atomic mass is 16.5. The molecule has 1 atom stereocenters. The molecule has 1 heterocycles. The summed E-state index contributed by atoms with van der Waals surface area (Å²) in [6.45, 7) is 4.30. The molecule has 0 aromatic heterocycles. The number of nitrogens with one attached hydrogen (secondary N) is 2. The largest absolute Gasteiger partial charge is 0.388 e. The lowest BCUT2D eigenvalue weighted by molar-refractivity contribution is -0.0280. The van der Waals surface area contributed by atoms with Crippen LogP contribution in [-0.4, -0.2) is 49.0 Å². The second kappa shape index (κ2) is 5.45. The predicted molar refractivity (Wildman–Crippen MR) is 71.8 cm³/mol. The Bertz CT molecular complexity index is 307. The van der Waals surface area contributed by atoms with Crippen LogP contribution in [0.1, 0.15) is 39.0 Å². The summed E-state index contributed by atoms with van der Waals surface area (Å²) in [6, 6.07) is 0. The normalized spacial score (nSPS) is 30.9. The topological polar surface area (TPSA) is 65.9 Å². The number of hydrogen-bond donors (Lipinski definition) is 3. The van der Waals surface area contributed by atoms with Gasteiger partial charge in [-0.3, -0.25) is 4.99 Å². The lowest BCUT2D eigenvalue weighted by atomic mass is 9.80. The quantitative estimate of drug-likeness (QED) is 0.509. The van der Waals surface area contributed by atoms with E-state index < -0.39 is 5.60 Å². The van der Waals surface area contributed by atoms with Gasteiger partial charge in [0.1, 0.15) is 0 Å². The first-order valence-electron chi connectivity index (χ1n) is 6.86. The zero-order chi connectivity index (χ0) is 13.1. The van der Waals surface area contributed by atoms with Gasteiger partial charge in [-0.2, -0.15) is 0 Å². The Balaban J connectivity index is 1.72. The predicted octanol–water partition coefficient (Wildman–Crippen LogP) is 0.635. The van der Waals surface area contributed by atoms with Crippen LogP contribution in [0.15, 0.2) is 4.99 Å². The summed E-state index contributed by atoms with van der Waals surface area (Å²) in [6.07, 6.45) is 5.11. The lowest BCUT2D eigenvalue weighted by Crippen LogP contribution is -2.52. The zero-order valence-electron chi connectivity index (χ0n) is 11.5. The highest BCUT2D eigenvalue weighted by Crippen LogP contribution is 2.30. The van der Waals surface area contributed by atoms with Crippen LogP contribution in [0.25, 0.3) is 0 Å². The van der Waals surface area contributed by atoms with Crippen molar-refractivity contribution >= 4 is 5.96 Å². The van der Waals surface area contributed by atoms with Crippen molar-refractivity contribution in [3.63, 3.8) is 0 Å². The van der Waals surface area contributed by atoms with E-state index in [2.05, 4.69) is 22.5 Å². The summed E-state index contributed by atoms with van der Waals surface area (Å²) >= 11 is 0. The van der Waals surface area contributed by atoms with E-state index in [1.807, 2.05) is 0 Å². The Hall–Kier alpha value is -0.810. The number of nitrogens with zero attached hydrogens (tertiary/aromatic N) is 1. The molecule has 3 N–H and O–H groups in total. The summed E-state index contributed by atoms with van der Waals surface area (Å²) in [5, 5.41) is 16.5. The van der Waals surface area contributed by atoms with Crippen molar-refractivity contribution in [2.45, 2.75) is 50.2 Å². The van der Waals surface area contributed by atoms with Gasteiger partial charge in [0.05, 0.1) is 11.2 Å². The van der Waals surface area contributed by atoms with Crippen LogP contribution in [0, 0.1) is 0 Å². The van der Waals surface area contributed by atoms with E-state index in [-0.39, 0.29) is 5.60 Å². The Kier molecular flexibility index (Phi) is 4.12. The van der Waals surface area contributed by atoms with Crippen molar-refractivity contribution < 1.29 is 9.84 Å². The monoisotopic (exact) mass is 255 g/mol. The number of hydrogen-bond acceptors (Lipinski definition) is 3. The Labute approximate surface area is 109 Å². The number of ether oxygens (including phenoxy) is 1. The average Bonchev–Trinajstić information content (AvgIpc) is 2.74. The van der Waals surface area contributed by atoms with Crippen molar-refractivity contribution in [3.05, 3.63) is 0 Å². The number of rotatable bonds is 4. The molecule has 104 valence electrons. The van der Waals surface area contributed by atoms with Gasteiger partial charge in [-0.15, -0.1) is 0 Å². The molecule has 1 aliphatic heterocycles. The molecule has 18 heavy (non-hydrogen) atoms. The molecule has 0 spiro atoms. The molecule has 1 unspecified atom stereocenters. The van der Waals surface area contributed by atoms with Gasteiger partial charge < -0.3 is 20.5 Å². The highest BCUT2D eigenvalue weighted by molar-refractivity contribution is 5.79. The van der Waals surface area contributed by atoms with Crippen molar-refractivity contribution in [3.8, 4) is 0 Å². The van der Waals surface area contributed by atoms with E-state index in [0.717, 1.165) is 51.2 Å². The van der Waals surface area contributed by atoms with E-state index in [9.17, 15) is 5.11 Å². The minimum Gasteiger partial charge on any atom is -0.388 e. The summed E-state index contributed by atoms with van der Waals surface area (Å²) in [5.41, 5.74) is -0.601. The second-order valence-electron chi connectivity index (χ2n) is 5.76. The van der Waals surface area contributed by atoms with Crippen LogP contribution in [0.2, 0.25) is 0 Å². The Morgan fingerprint density at radius 3 is 2.44 bits per heavy atom. The SMILES string of the molecule is CN=C(NCC1(O)CCC1)NCC1(C)CCCO1. The molecular formula is C13H25N3O2. The molecule has 5 heteroatoms. The van der Waals surface area contributed by atoms with Crippen LogP contribution in [0.4, 0.5) is 0 Å². The average molecular weight is 255 g/mol. The first-order chi connectivity index (χ1) is 8.55. The minimum atomic E-state index is -0.522. The third-order valence-electron chi connectivity index (χ3n) is 4.02. The van der Waals surface area contributed by atoms with E-state index in [1.54, 1.807) is 7.05 Å². The third-order valence-corrected chi connectivity index (χ3v) is 4.02. The molecular weight excluding hydrogens is 230 g/mol. The number of aliphatic hydroxyl groups is 1. The van der Waals surface area contributed by atoms with Gasteiger partial charge in [-0.25, -0.2) is 0 Å². The molecule has 0 aromatic rings. The molecule has 5 nitrogen and oxygen atoms in total. The maximum Gasteiger partial charge on any atom is 0.191 e. The molecule has 2 rings (SSSR count). The van der Waals surface area contributed by atoms with E-state index >= 15 is 0 Å².